The molecule has 3 fully saturated rings. The van der Waals surface area contributed by atoms with E-state index in [4.69, 9.17) is 9.47 Å². The first kappa shape index (κ1) is 42.5. The van der Waals surface area contributed by atoms with Gasteiger partial charge in [-0.15, -0.1) is 0 Å². The number of carbonyl (C=O) groups is 4. The van der Waals surface area contributed by atoms with Crippen molar-refractivity contribution in [2.75, 3.05) is 13.2 Å². The number of carbonyl (C=O) groups excluding carboxylic acids is 3. The molecule has 2 saturated carbocycles. The Morgan fingerprint density at radius 1 is 1.12 bits per heavy atom. The molecule has 3 N–H and O–H groups in total. The molecule has 7 rings (SSSR count). The molecule has 4 heterocycles. The van der Waals surface area contributed by atoms with Crippen LogP contribution in [0.2, 0.25) is 0 Å². The lowest BCUT2D eigenvalue weighted by atomic mass is 9.85. The molecule has 1 aromatic carbocycles. The number of pyridine rings is 1. The monoisotopic (exact) mass is 847 g/mol. The molecule has 3 aliphatic heterocycles. The molecule has 0 unspecified atom stereocenters. The predicted molar refractivity (Wildman–Crippen MR) is 209 cm³/mol. The molecule has 322 valence electrons. The minimum Gasteiger partial charge on any atom is -0.477 e. The van der Waals surface area contributed by atoms with Crippen molar-refractivity contribution in [3.05, 3.63) is 42.0 Å². The summed E-state index contributed by atoms with van der Waals surface area (Å²) in [6.07, 6.45) is -1.27. The van der Waals surface area contributed by atoms with Crippen LogP contribution in [-0.4, -0.2) is 105 Å². The first-order valence-corrected chi connectivity index (χ1v) is 21.7. The van der Waals surface area contributed by atoms with E-state index in [1.807, 2.05) is 25.1 Å². The largest absolute Gasteiger partial charge is 0.477 e. The van der Waals surface area contributed by atoms with Crippen LogP contribution in [0.25, 0.3) is 10.8 Å². The predicted octanol–water partition coefficient (Wildman–Crippen LogP) is 5.48. The number of carboxylic acid groups (broad SMARTS) is 1. The highest BCUT2D eigenvalue weighted by Crippen LogP contribution is 2.48. The van der Waals surface area contributed by atoms with Crippen LogP contribution >= 0.6 is 0 Å². The zero-order chi connectivity index (χ0) is 42.9. The Labute approximate surface area is 341 Å². The molecule has 4 amide bonds. The quantitative estimate of drug-likeness (QED) is 0.302. The number of halogens is 3. The fraction of sp³-hybridized carbons (Fsp3) is 0.634. The van der Waals surface area contributed by atoms with Crippen molar-refractivity contribution < 1.29 is 55.3 Å². The van der Waals surface area contributed by atoms with E-state index in [2.05, 4.69) is 15.0 Å². The van der Waals surface area contributed by atoms with Crippen LogP contribution in [0, 0.1) is 17.8 Å². The van der Waals surface area contributed by atoms with Gasteiger partial charge in [-0.1, -0.05) is 44.2 Å². The average molecular weight is 848 g/mol. The van der Waals surface area contributed by atoms with Gasteiger partial charge in [0.2, 0.25) is 33.6 Å². The number of amides is 4. The number of fused-ring (bicyclic) bond motifs is 5. The second-order valence-electron chi connectivity index (χ2n) is 17.8. The second kappa shape index (κ2) is 15.1. The van der Waals surface area contributed by atoms with E-state index in [0.29, 0.717) is 57.4 Å². The van der Waals surface area contributed by atoms with E-state index >= 15 is 4.79 Å². The van der Waals surface area contributed by atoms with E-state index in [-0.39, 0.29) is 42.5 Å². The number of nitrogens with zero attached hydrogens (tertiary/aromatic N) is 3. The first-order chi connectivity index (χ1) is 27.6. The molecule has 59 heavy (non-hydrogen) atoms. The van der Waals surface area contributed by atoms with E-state index in [0.717, 1.165) is 28.7 Å². The van der Waals surface area contributed by atoms with Crippen LogP contribution in [0.4, 0.5) is 18.0 Å². The highest BCUT2D eigenvalue weighted by molar-refractivity contribution is 7.91. The Balaban J connectivity index is 1.30. The highest BCUT2D eigenvalue weighted by atomic mass is 32.2. The molecule has 5 aliphatic rings. The number of rotatable bonds is 7. The summed E-state index contributed by atoms with van der Waals surface area (Å²) in [4.78, 5) is 62.5. The van der Waals surface area contributed by atoms with Crippen molar-refractivity contribution in [3.63, 3.8) is 0 Å². The van der Waals surface area contributed by atoms with Crippen molar-refractivity contribution in [1.82, 2.24) is 24.8 Å². The highest BCUT2D eigenvalue weighted by Gasteiger charge is 2.64. The zero-order valence-electron chi connectivity index (χ0n) is 33.8. The number of hydrogen-bond acceptors (Lipinski definition) is 9. The molecule has 18 heteroatoms. The maximum atomic E-state index is 15.1. The fourth-order valence-corrected chi connectivity index (χ4v) is 10.2. The summed E-state index contributed by atoms with van der Waals surface area (Å²) in [6, 6.07) is 4.00. The van der Waals surface area contributed by atoms with E-state index in [9.17, 15) is 41.1 Å². The summed E-state index contributed by atoms with van der Waals surface area (Å²) in [7, 11) is -4.12. The molecule has 7 atom stereocenters. The number of allylic oxidation sites excluding steroid dienone is 1. The Bertz CT molecular complexity index is 2180. The molecule has 2 aliphatic carbocycles. The van der Waals surface area contributed by atoms with Gasteiger partial charge in [-0.3, -0.25) is 24.0 Å². The van der Waals surface area contributed by atoms with Crippen LogP contribution in [0.5, 0.6) is 11.8 Å². The number of aryl methyl sites for hydroxylation is 1. The van der Waals surface area contributed by atoms with Gasteiger partial charge in [-0.05, 0) is 95.4 Å². The Morgan fingerprint density at radius 2 is 1.81 bits per heavy atom. The van der Waals surface area contributed by atoms with Crippen molar-refractivity contribution in [2.24, 2.45) is 17.8 Å². The third kappa shape index (κ3) is 7.81. The zero-order valence-corrected chi connectivity index (χ0v) is 34.6. The van der Waals surface area contributed by atoms with Crippen LogP contribution in [-0.2, 0) is 30.8 Å². The molecular weight excluding hydrogens is 796 g/mol. The summed E-state index contributed by atoms with van der Waals surface area (Å²) in [5.74, 6) is -4.06. The summed E-state index contributed by atoms with van der Waals surface area (Å²) >= 11 is 0. The lowest BCUT2D eigenvalue weighted by molar-refractivity contribution is -0.222. The number of hydrogen-bond donors (Lipinski definition) is 3. The standard InChI is InChI=1S/C41H52F3N5O9S/c1-23-11-6-7-12-25-21-40(25,36(52)47-59(55,56)39(5)16-17-39)46-32(50)30-20-26(58-34-29-14-9-8-13-27(29)28-15-10-18-57-33(28)45-34)22-48(30)35(51)31(24(2)19-23)49(37(53)54)38(3,4)41(42,43)44/h7-9,12-14,23-26,30-31H,6,10-11,15-22H2,1-5H3,(H,46,50)(H,47,52)(H,53,54)/b12-7-/t23-,24-,25-,26-,30+,31+,40-/m1/s1. The summed E-state index contributed by atoms with van der Waals surface area (Å²) in [5.41, 5.74) is -3.85. The average Bonchev–Trinajstić information content (AvgIpc) is 4.04. The molecule has 0 bridgehead atoms. The van der Waals surface area contributed by atoms with Gasteiger partial charge < -0.3 is 24.8 Å². The van der Waals surface area contributed by atoms with Crippen molar-refractivity contribution in [2.45, 2.75) is 133 Å². The van der Waals surface area contributed by atoms with Crippen LogP contribution in [0.3, 0.4) is 0 Å². The van der Waals surface area contributed by atoms with Gasteiger partial charge in [0.1, 0.15) is 29.3 Å². The van der Waals surface area contributed by atoms with Crippen molar-refractivity contribution in [3.8, 4) is 11.8 Å². The van der Waals surface area contributed by atoms with Crippen LogP contribution in [0.1, 0.15) is 91.5 Å². The summed E-state index contributed by atoms with van der Waals surface area (Å²) in [5, 5.41) is 14.7. The second-order valence-corrected chi connectivity index (χ2v) is 20.0. The Hall–Kier alpha value is -4.61. The fourth-order valence-electron chi connectivity index (χ4n) is 8.88. The van der Waals surface area contributed by atoms with E-state index in [1.165, 1.54) is 13.8 Å². The van der Waals surface area contributed by atoms with Gasteiger partial charge in [0.05, 0.1) is 17.9 Å². The third-order valence-electron chi connectivity index (χ3n) is 13.0. The molecule has 1 saturated heterocycles. The topological polar surface area (TPSA) is 185 Å². The molecular formula is C41H52F3N5O9S. The van der Waals surface area contributed by atoms with Crippen molar-refractivity contribution in [1.29, 1.82) is 0 Å². The Kier molecular flexibility index (Phi) is 10.9. The van der Waals surface area contributed by atoms with E-state index < -0.39 is 85.9 Å². The molecule has 2 aromatic rings. The third-order valence-corrected chi connectivity index (χ3v) is 15.2. The number of sulfonamides is 1. The van der Waals surface area contributed by atoms with Gasteiger partial charge in [0.25, 0.3) is 5.91 Å². The van der Waals surface area contributed by atoms with Gasteiger partial charge in [-0.2, -0.15) is 18.2 Å². The van der Waals surface area contributed by atoms with Gasteiger partial charge >= 0.3 is 12.3 Å². The minimum atomic E-state index is -5.09. The molecule has 14 nitrogen and oxygen atoms in total. The van der Waals surface area contributed by atoms with Gasteiger partial charge in [0, 0.05) is 23.3 Å². The smallest absolute Gasteiger partial charge is 0.411 e. The van der Waals surface area contributed by atoms with Crippen molar-refractivity contribution >= 4 is 44.6 Å². The minimum absolute atomic E-state index is 0.0563. The number of benzene rings is 1. The van der Waals surface area contributed by atoms with E-state index in [1.54, 1.807) is 18.2 Å². The Morgan fingerprint density at radius 3 is 2.47 bits per heavy atom. The lowest BCUT2D eigenvalue weighted by Crippen LogP contribution is -2.66. The lowest BCUT2D eigenvalue weighted by Gasteiger charge is -2.45. The van der Waals surface area contributed by atoms with Crippen LogP contribution in [0.15, 0.2) is 36.4 Å². The SMILES string of the molecule is C[C@@H]1CC/C=C\[C@@H]2C[C@@]2(C(=O)NS(=O)(=O)C2(C)CC2)NC(=O)[C@@H]2C[C@@H](Oc3nc4c(c5ccccc35)CCCO4)CN2C(=O)[C@@H](N(C(=O)O)C(C)(C)C(F)(F)F)[C@H](C)C1. The molecule has 1 aromatic heterocycles. The number of aromatic nitrogens is 1. The van der Waals surface area contributed by atoms with Gasteiger partial charge in [0.15, 0.2) is 0 Å². The normalized spacial score (nSPS) is 30.3. The maximum Gasteiger partial charge on any atom is 0.411 e. The maximum absolute atomic E-state index is 15.1. The first-order valence-electron chi connectivity index (χ1n) is 20.3. The van der Waals surface area contributed by atoms with Gasteiger partial charge in [-0.25, -0.2) is 13.2 Å². The number of nitrogens with one attached hydrogen (secondary N) is 2. The number of ether oxygens (including phenoxy) is 2. The molecule has 0 radical (unpaired) electrons. The van der Waals surface area contributed by atoms with Crippen LogP contribution < -0.4 is 19.5 Å². The summed E-state index contributed by atoms with van der Waals surface area (Å²) < 4.78 is 84.1. The number of alkyl halides is 3. The molecule has 0 spiro atoms. The summed E-state index contributed by atoms with van der Waals surface area (Å²) in [6.45, 7) is 6.40.